The Kier molecular flexibility index (Phi) is 6.08. The van der Waals surface area contributed by atoms with Crippen LogP contribution in [-0.4, -0.2) is 0 Å². The van der Waals surface area contributed by atoms with Crippen molar-refractivity contribution in [2.24, 2.45) is 0 Å². The first-order valence-corrected chi connectivity index (χ1v) is 18.2. The van der Waals surface area contributed by atoms with E-state index < -0.39 is 0 Å². The predicted molar refractivity (Wildman–Crippen MR) is 220 cm³/mol. The van der Waals surface area contributed by atoms with Gasteiger partial charge in [0.1, 0.15) is 11.2 Å². The minimum absolute atomic E-state index is 0.168. The molecule has 1 aromatic heterocycles. The van der Waals surface area contributed by atoms with Gasteiger partial charge in [0.25, 0.3) is 0 Å². The Hall–Kier alpha value is -6.44. The average Bonchev–Trinajstić information content (AvgIpc) is 3.69. The second-order valence-electron chi connectivity index (χ2n) is 14.8. The molecule has 11 rings (SSSR count). The lowest BCUT2D eigenvalue weighted by Gasteiger charge is -2.26. The normalized spacial score (nSPS) is 13.3. The van der Waals surface area contributed by atoms with Gasteiger partial charge in [-0.2, -0.15) is 0 Å². The Bertz CT molecular complexity index is 3040. The second-order valence-corrected chi connectivity index (χ2v) is 14.8. The van der Waals surface area contributed by atoms with Crippen LogP contribution in [-0.2, 0) is 5.41 Å². The molecular weight excluding hydrogens is 629 g/mol. The summed E-state index contributed by atoms with van der Waals surface area (Å²) in [4.78, 5) is 0. The van der Waals surface area contributed by atoms with Gasteiger partial charge in [-0.25, -0.2) is 0 Å². The van der Waals surface area contributed by atoms with Crippen LogP contribution in [0.2, 0.25) is 0 Å². The first-order chi connectivity index (χ1) is 25.6. The fourth-order valence-electron chi connectivity index (χ4n) is 9.41. The molecule has 1 aliphatic rings. The van der Waals surface area contributed by atoms with E-state index in [0.717, 1.165) is 33.1 Å². The van der Waals surface area contributed by atoms with Crippen molar-refractivity contribution in [1.82, 2.24) is 0 Å². The highest BCUT2D eigenvalue weighted by molar-refractivity contribution is 6.22. The summed E-state index contributed by atoms with van der Waals surface area (Å²) in [6.07, 6.45) is 0. The molecule has 0 fully saturated rings. The van der Waals surface area contributed by atoms with E-state index in [0.29, 0.717) is 0 Å². The Morgan fingerprint density at radius 1 is 0.385 bits per heavy atom. The molecule has 0 radical (unpaired) electrons. The molecule has 0 aliphatic heterocycles. The molecular formula is C51H34O. The third kappa shape index (κ3) is 3.99. The number of para-hydroxylation sites is 2. The lowest BCUT2D eigenvalue weighted by atomic mass is 9.76. The van der Waals surface area contributed by atoms with Gasteiger partial charge in [0.2, 0.25) is 0 Å². The Labute approximate surface area is 302 Å². The van der Waals surface area contributed by atoms with Gasteiger partial charge in [-0.1, -0.05) is 172 Å². The van der Waals surface area contributed by atoms with Gasteiger partial charge >= 0.3 is 0 Å². The number of furan rings is 1. The molecule has 0 amide bonds. The fraction of sp³-hybridized carbons (Fsp3) is 0.0588. The topological polar surface area (TPSA) is 13.1 Å². The first kappa shape index (κ1) is 29.3. The SMILES string of the molecule is CC1(C)c2ccc3ccccc3c2-c2cccc(-c3c4ccccc4c(-c4cccc(-c5cccc6c5oc5ccccc56)c4)c4ccccc34)c21. The van der Waals surface area contributed by atoms with Gasteiger partial charge in [0.05, 0.1) is 0 Å². The molecule has 0 saturated carbocycles. The lowest BCUT2D eigenvalue weighted by Crippen LogP contribution is -2.16. The van der Waals surface area contributed by atoms with Gasteiger partial charge in [-0.05, 0) is 94.5 Å². The molecule has 0 N–H and O–H groups in total. The Balaban J connectivity index is 1.18. The second kappa shape index (κ2) is 10.8. The molecule has 0 atom stereocenters. The highest BCUT2D eigenvalue weighted by Crippen LogP contribution is 2.56. The quantitative estimate of drug-likeness (QED) is 0.172. The highest BCUT2D eigenvalue weighted by atomic mass is 16.3. The Morgan fingerprint density at radius 3 is 1.67 bits per heavy atom. The van der Waals surface area contributed by atoms with Crippen molar-refractivity contribution in [2.75, 3.05) is 0 Å². The molecule has 0 spiro atoms. The molecule has 0 unspecified atom stereocenters. The van der Waals surface area contributed by atoms with Crippen molar-refractivity contribution in [3.63, 3.8) is 0 Å². The first-order valence-electron chi connectivity index (χ1n) is 18.2. The third-order valence-electron chi connectivity index (χ3n) is 11.6. The van der Waals surface area contributed by atoms with Crippen molar-refractivity contribution in [3.8, 4) is 44.5 Å². The molecule has 1 aliphatic carbocycles. The number of hydrogen-bond donors (Lipinski definition) is 0. The monoisotopic (exact) mass is 662 g/mol. The number of rotatable bonds is 3. The summed E-state index contributed by atoms with van der Waals surface area (Å²) >= 11 is 0. The van der Waals surface area contributed by atoms with Crippen molar-refractivity contribution in [2.45, 2.75) is 19.3 Å². The van der Waals surface area contributed by atoms with Crippen LogP contribution < -0.4 is 0 Å². The molecule has 9 aromatic carbocycles. The van der Waals surface area contributed by atoms with Crippen LogP contribution in [0.4, 0.5) is 0 Å². The van der Waals surface area contributed by atoms with E-state index in [4.69, 9.17) is 4.42 Å². The van der Waals surface area contributed by atoms with Crippen molar-refractivity contribution >= 4 is 54.3 Å². The van der Waals surface area contributed by atoms with E-state index in [1.54, 1.807) is 0 Å². The highest BCUT2D eigenvalue weighted by Gasteiger charge is 2.39. The summed E-state index contributed by atoms with van der Waals surface area (Å²) in [6, 6.07) is 62.3. The largest absolute Gasteiger partial charge is 0.455 e. The molecule has 1 nitrogen and oxygen atoms in total. The lowest BCUT2D eigenvalue weighted by molar-refractivity contribution is 0.663. The maximum absolute atomic E-state index is 6.49. The zero-order chi connectivity index (χ0) is 34.6. The van der Waals surface area contributed by atoms with E-state index in [1.165, 1.54) is 76.8 Å². The molecule has 52 heavy (non-hydrogen) atoms. The van der Waals surface area contributed by atoms with E-state index in [2.05, 4.69) is 178 Å². The average molecular weight is 663 g/mol. The molecule has 0 saturated heterocycles. The minimum Gasteiger partial charge on any atom is -0.455 e. The van der Waals surface area contributed by atoms with Gasteiger partial charge in [0.15, 0.2) is 0 Å². The fourth-order valence-corrected chi connectivity index (χ4v) is 9.41. The summed E-state index contributed by atoms with van der Waals surface area (Å²) in [6.45, 7) is 4.81. The standard InChI is InChI=1S/C51H34O/c1-51(2)44-29-28-31-14-3-4-17-34(31)48(44)43-26-13-25-42(49(43)51)47-39-21-7-5-19-37(39)46(38-20-6-8-22-40(38)47)33-16-11-15-32(30-33)35-23-12-24-41-36-18-9-10-27-45(36)52-50(35)41/h3-30H,1-2H3. The van der Waals surface area contributed by atoms with E-state index in [9.17, 15) is 0 Å². The zero-order valence-electron chi connectivity index (χ0n) is 29.1. The summed E-state index contributed by atoms with van der Waals surface area (Å²) in [5, 5.41) is 9.96. The van der Waals surface area contributed by atoms with E-state index in [1.807, 2.05) is 6.07 Å². The summed E-state index contributed by atoms with van der Waals surface area (Å²) in [5.74, 6) is 0. The van der Waals surface area contributed by atoms with Crippen LogP contribution in [0.25, 0.3) is 98.8 Å². The van der Waals surface area contributed by atoms with Crippen LogP contribution >= 0.6 is 0 Å². The van der Waals surface area contributed by atoms with Gasteiger partial charge in [0, 0.05) is 21.8 Å². The van der Waals surface area contributed by atoms with Gasteiger partial charge in [-0.3, -0.25) is 0 Å². The summed E-state index contributed by atoms with van der Waals surface area (Å²) in [7, 11) is 0. The van der Waals surface area contributed by atoms with Crippen LogP contribution in [0.5, 0.6) is 0 Å². The summed E-state index contributed by atoms with van der Waals surface area (Å²) in [5.41, 5.74) is 14.5. The van der Waals surface area contributed by atoms with Crippen LogP contribution in [0.15, 0.2) is 174 Å². The van der Waals surface area contributed by atoms with Crippen molar-refractivity contribution < 1.29 is 4.42 Å². The van der Waals surface area contributed by atoms with Crippen molar-refractivity contribution in [3.05, 3.63) is 181 Å². The maximum Gasteiger partial charge on any atom is 0.143 e. The van der Waals surface area contributed by atoms with Gasteiger partial charge < -0.3 is 4.42 Å². The number of hydrogen-bond acceptors (Lipinski definition) is 1. The molecule has 0 bridgehead atoms. The Morgan fingerprint density at radius 2 is 0.923 bits per heavy atom. The third-order valence-corrected chi connectivity index (χ3v) is 11.6. The minimum atomic E-state index is -0.168. The predicted octanol–water partition coefficient (Wildman–Crippen LogP) is 14.4. The zero-order valence-corrected chi connectivity index (χ0v) is 29.1. The van der Waals surface area contributed by atoms with Crippen LogP contribution in [0.3, 0.4) is 0 Å². The molecule has 244 valence electrons. The van der Waals surface area contributed by atoms with Gasteiger partial charge in [-0.15, -0.1) is 0 Å². The summed E-state index contributed by atoms with van der Waals surface area (Å²) < 4.78 is 6.49. The molecule has 10 aromatic rings. The number of benzene rings is 9. The number of fused-ring (bicyclic) bond motifs is 10. The smallest absolute Gasteiger partial charge is 0.143 e. The van der Waals surface area contributed by atoms with E-state index >= 15 is 0 Å². The maximum atomic E-state index is 6.49. The van der Waals surface area contributed by atoms with Crippen LogP contribution in [0.1, 0.15) is 25.0 Å². The van der Waals surface area contributed by atoms with E-state index in [-0.39, 0.29) is 5.41 Å². The molecule has 1 heteroatoms. The van der Waals surface area contributed by atoms with Crippen molar-refractivity contribution in [1.29, 1.82) is 0 Å². The molecule has 1 heterocycles. The van der Waals surface area contributed by atoms with Crippen LogP contribution in [0, 0.1) is 0 Å².